The second-order valence-corrected chi connectivity index (χ2v) is 14.4. The summed E-state index contributed by atoms with van der Waals surface area (Å²) in [6, 6.07) is 7.35. The summed E-state index contributed by atoms with van der Waals surface area (Å²) in [5, 5.41) is 23.1. The van der Waals surface area contributed by atoms with Crippen molar-refractivity contribution in [2.24, 2.45) is 5.73 Å². The number of thioether (sulfide) groups is 1. The van der Waals surface area contributed by atoms with Crippen LogP contribution in [0.4, 0.5) is 11.8 Å². The maximum Gasteiger partial charge on any atom is 0.321 e. The zero-order valence-corrected chi connectivity index (χ0v) is 31.4. The maximum absolute atomic E-state index is 12.8. The molecule has 1 aliphatic heterocycles. The number of nitrogens with zero attached hydrogens (tertiary/aromatic N) is 5. The summed E-state index contributed by atoms with van der Waals surface area (Å²) in [5.74, 6) is -2.04. The zero-order valence-electron chi connectivity index (χ0n) is 30.6. The molecular formula is C36H53N9O7S. The zero-order chi connectivity index (χ0) is 38.3. The number of amides is 2. The number of hydrogen-bond acceptors (Lipinski definition) is 12. The van der Waals surface area contributed by atoms with E-state index in [0.29, 0.717) is 19.6 Å². The standard InChI is InChI=1S/C36H53N9O7S/c1-3-4-5-10-40-33-32-28(41-36(38)42-33)8-12-45(32)22-26-7-6-25(19-24(26)2)21-43-13-15-44(16-14-43)31(47)9-17-52-18-11-39-30(46)20-29(35(50)51)53-23-27(37)34(48)49/h6-8,12,19,27,29H,3-5,9-11,13-18,20-23,37H2,1-2H3,(H,39,46)(H,48,49)(H,50,51)(H3,38,40,41,42)/t27-,29?/m0/s1. The van der Waals surface area contributed by atoms with Gasteiger partial charge in [0.25, 0.3) is 0 Å². The average molecular weight is 756 g/mol. The number of anilines is 2. The monoisotopic (exact) mass is 755 g/mol. The van der Waals surface area contributed by atoms with Crippen molar-refractivity contribution in [1.29, 1.82) is 0 Å². The number of unbranched alkanes of at least 4 members (excludes halogenated alkanes) is 2. The van der Waals surface area contributed by atoms with Crippen molar-refractivity contribution >= 4 is 58.3 Å². The molecule has 290 valence electrons. The van der Waals surface area contributed by atoms with Gasteiger partial charge in [-0.1, -0.05) is 38.0 Å². The van der Waals surface area contributed by atoms with Gasteiger partial charge < -0.3 is 46.5 Å². The SMILES string of the molecule is CCCCCNc1nc(N)nc2ccn(Cc3ccc(CN4CCN(C(=O)CCOCCNC(=O)CC(SC[C@H](N)C(=O)O)C(=O)O)CC4)cc3C)c12. The minimum absolute atomic E-state index is 0.0136. The Morgan fingerprint density at radius 3 is 2.47 bits per heavy atom. The minimum Gasteiger partial charge on any atom is -0.480 e. The summed E-state index contributed by atoms with van der Waals surface area (Å²) >= 11 is 0.812. The Bertz CT molecular complexity index is 1700. The van der Waals surface area contributed by atoms with E-state index in [9.17, 15) is 24.3 Å². The summed E-state index contributed by atoms with van der Waals surface area (Å²) in [6.45, 7) is 9.96. The molecule has 3 aromatic rings. The highest BCUT2D eigenvalue weighted by Gasteiger charge is 2.25. The molecular weight excluding hydrogens is 703 g/mol. The summed E-state index contributed by atoms with van der Waals surface area (Å²) < 4.78 is 7.69. The number of nitrogens with two attached hydrogens (primary N) is 2. The van der Waals surface area contributed by atoms with E-state index in [1.807, 2.05) is 17.2 Å². The van der Waals surface area contributed by atoms with Gasteiger partial charge in [0.1, 0.15) is 16.8 Å². The highest BCUT2D eigenvalue weighted by Crippen LogP contribution is 2.25. The first kappa shape index (κ1) is 41.3. The van der Waals surface area contributed by atoms with E-state index in [0.717, 1.165) is 74.1 Å². The van der Waals surface area contributed by atoms with Crippen LogP contribution in [-0.4, -0.2) is 128 Å². The molecule has 16 nitrogen and oxygen atoms in total. The first-order valence-electron chi connectivity index (χ1n) is 18.1. The van der Waals surface area contributed by atoms with Crippen molar-refractivity contribution < 1.29 is 34.1 Å². The molecule has 0 aliphatic carbocycles. The first-order chi connectivity index (χ1) is 25.4. The minimum atomic E-state index is -1.24. The van der Waals surface area contributed by atoms with Crippen molar-refractivity contribution in [3.05, 3.63) is 47.2 Å². The number of carbonyl (C=O) groups excluding carboxylic acids is 2. The lowest BCUT2D eigenvalue weighted by Gasteiger charge is -2.35. The number of aromatic nitrogens is 3. The van der Waals surface area contributed by atoms with Crippen molar-refractivity contribution in [2.45, 2.75) is 70.3 Å². The van der Waals surface area contributed by atoms with Crippen molar-refractivity contribution in [3.8, 4) is 0 Å². The van der Waals surface area contributed by atoms with Gasteiger partial charge in [-0.25, -0.2) is 4.98 Å². The van der Waals surface area contributed by atoms with Crippen LogP contribution >= 0.6 is 11.8 Å². The van der Waals surface area contributed by atoms with Gasteiger partial charge in [-0.2, -0.15) is 4.98 Å². The number of carboxylic acid groups (broad SMARTS) is 2. The van der Waals surface area contributed by atoms with Crippen LogP contribution in [0.2, 0.25) is 0 Å². The molecule has 53 heavy (non-hydrogen) atoms. The fourth-order valence-corrected chi connectivity index (χ4v) is 7.02. The van der Waals surface area contributed by atoms with Crippen molar-refractivity contribution in [2.75, 3.05) is 69.3 Å². The summed E-state index contributed by atoms with van der Waals surface area (Å²) in [5.41, 5.74) is 16.8. The molecule has 0 spiro atoms. The highest BCUT2D eigenvalue weighted by molar-refractivity contribution is 8.00. The summed E-state index contributed by atoms with van der Waals surface area (Å²) in [6.07, 6.45) is 5.30. The number of carboxylic acids is 2. The Labute approximate surface area is 314 Å². The van der Waals surface area contributed by atoms with Crippen LogP contribution in [0.15, 0.2) is 30.5 Å². The van der Waals surface area contributed by atoms with Crippen LogP contribution in [0.25, 0.3) is 11.0 Å². The largest absolute Gasteiger partial charge is 0.480 e. The van der Waals surface area contributed by atoms with Crippen LogP contribution < -0.4 is 22.1 Å². The van der Waals surface area contributed by atoms with Gasteiger partial charge in [0, 0.05) is 70.7 Å². The van der Waals surface area contributed by atoms with E-state index in [4.69, 9.17) is 21.3 Å². The van der Waals surface area contributed by atoms with Crippen molar-refractivity contribution in [3.63, 3.8) is 0 Å². The van der Waals surface area contributed by atoms with Gasteiger partial charge in [0.2, 0.25) is 17.8 Å². The van der Waals surface area contributed by atoms with Crippen LogP contribution in [-0.2, 0) is 37.0 Å². The summed E-state index contributed by atoms with van der Waals surface area (Å²) in [7, 11) is 0. The number of ether oxygens (including phenoxy) is 1. The van der Waals surface area contributed by atoms with E-state index in [-0.39, 0.29) is 50.2 Å². The Balaban J connectivity index is 1.15. The number of fused-ring (bicyclic) bond motifs is 1. The number of benzene rings is 1. The predicted octanol–water partition coefficient (Wildman–Crippen LogP) is 2.13. The molecule has 1 unspecified atom stereocenters. The van der Waals surface area contributed by atoms with Crippen LogP contribution in [0.1, 0.15) is 55.7 Å². The Morgan fingerprint density at radius 2 is 1.77 bits per heavy atom. The molecule has 4 rings (SSSR count). The number of hydrogen-bond donors (Lipinski definition) is 6. The molecule has 2 atom stereocenters. The van der Waals surface area contributed by atoms with Gasteiger partial charge in [-0.05, 0) is 36.1 Å². The Kier molecular flexibility index (Phi) is 16.1. The summed E-state index contributed by atoms with van der Waals surface area (Å²) in [4.78, 5) is 60.3. The van der Waals surface area contributed by atoms with E-state index in [1.165, 1.54) is 16.7 Å². The van der Waals surface area contributed by atoms with E-state index >= 15 is 0 Å². The van der Waals surface area contributed by atoms with Gasteiger partial charge in [-0.3, -0.25) is 24.1 Å². The molecule has 1 saturated heterocycles. The number of piperazine rings is 1. The lowest BCUT2D eigenvalue weighted by atomic mass is 10.0. The number of nitrogen functional groups attached to an aromatic ring is 1. The molecule has 1 aromatic carbocycles. The molecule has 1 aliphatic rings. The average Bonchev–Trinajstić information content (AvgIpc) is 3.53. The normalized spacial score (nSPS) is 14.6. The third-order valence-electron chi connectivity index (χ3n) is 9.05. The molecule has 1 fully saturated rings. The maximum atomic E-state index is 12.8. The Morgan fingerprint density at radius 1 is 1.00 bits per heavy atom. The molecule has 0 saturated carbocycles. The number of aliphatic carboxylic acids is 2. The quantitative estimate of drug-likeness (QED) is 0.0808. The van der Waals surface area contributed by atoms with Gasteiger partial charge in [0.15, 0.2) is 5.82 Å². The first-order valence-corrected chi connectivity index (χ1v) is 19.1. The number of rotatable bonds is 22. The number of aryl methyl sites for hydroxylation is 1. The van der Waals surface area contributed by atoms with Gasteiger partial charge >= 0.3 is 11.9 Å². The van der Waals surface area contributed by atoms with Gasteiger partial charge in [-0.15, -0.1) is 11.8 Å². The smallest absolute Gasteiger partial charge is 0.321 e. The van der Waals surface area contributed by atoms with Crippen LogP contribution in [0, 0.1) is 6.92 Å². The molecule has 17 heteroatoms. The second kappa shape index (κ2) is 20.7. The van der Waals surface area contributed by atoms with E-state index in [2.05, 4.69) is 62.1 Å². The fraction of sp³-hybridized carbons (Fsp3) is 0.556. The van der Waals surface area contributed by atoms with Crippen molar-refractivity contribution in [1.82, 2.24) is 29.7 Å². The highest BCUT2D eigenvalue weighted by atomic mass is 32.2. The molecule has 2 aromatic heterocycles. The molecule has 0 bridgehead atoms. The number of nitrogens with one attached hydrogen (secondary N) is 2. The topological polar surface area (TPSA) is 231 Å². The lowest BCUT2D eigenvalue weighted by molar-refractivity contribution is -0.139. The van der Waals surface area contributed by atoms with E-state index < -0.39 is 29.1 Å². The third-order valence-corrected chi connectivity index (χ3v) is 10.4. The second-order valence-electron chi connectivity index (χ2n) is 13.2. The van der Waals surface area contributed by atoms with E-state index in [1.54, 1.807) is 0 Å². The predicted molar refractivity (Wildman–Crippen MR) is 205 cm³/mol. The lowest BCUT2D eigenvalue weighted by Crippen LogP contribution is -2.48. The molecule has 0 radical (unpaired) electrons. The van der Waals surface area contributed by atoms with Gasteiger partial charge in [0.05, 0.1) is 25.2 Å². The molecule has 8 N–H and O–H groups in total. The fourth-order valence-electron chi connectivity index (χ4n) is 6.02. The Hall–Kier alpha value is -4.45. The molecule has 3 heterocycles. The number of carbonyl (C=O) groups is 4. The molecule has 2 amide bonds. The van der Waals surface area contributed by atoms with Crippen LogP contribution in [0.3, 0.4) is 0 Å². The third kappa shape index (κ3) is 12.9. The van der Waals surface area contributed by atoms with Crippen LogP contribution in [0.5, 0.6) is 0 Å².